The number of aromatic nitrogens is 2. The number of amides is 1. The molecule has 0 N–H and O–H groups in total. The minimum Gasteiger partial charge on any atom is -0.336 e. The molecular formula is C22H30N4O. The average Bonchev–Trinajstić information content (AvgIpc) is 3.16. The second kappa shape index (κ2) is 7.47. The number of para-hydroxylation sites is 1. The Hall–Kier alpha value is -2.14. The first kappa shape index (κ1) is 18.2. The number of aryl methyl sites for hydroxylation is 1. The molecule has 0 spiro atoms. The highest BCUT2D eigenvalue weighted by molar-refractivity contribution is 5.94. The highest BCUT2D eigenvalue weighted by atomic mass is 16.2. The molecule has 1 fully saturated rings. The molecule has 1 saturated heterocycles. The van der Waals surface area contributed by atoms with E-state index in [9.17, 15) is 4.79 Å². The van der Waals surface area contributed by atoms with Gasteiger partial charge in [0.2, 0.25) is 0 Å². The second-order valence-corrected chi connectivity index (χ2v) is 8.10. The number of hydrogen-bond acceptors (Lipinski definition) is 3. The molecule has 0 unspecified atom stereocenters. The van der Waals surface area contributed by atoms with Gasteiger partial charge in [0, 0.05) is 43.5 Å². The zero-order valence-electron chi connectivity index (χ0n) is 16.7. The fraction of sp³-hybridized carbons (Fsp3) is 0.545. The van der Waals surface area contributed by atoms with Gasteiger partial charge in [0.25, 0.3) is 5.91 Å². The summed E-state index contributed by atoms with van der Waals surface area (Å²) in [6, 6.07) is 8.83. The molecule has 1 aliphatic carbocycles. The summed E-state index contributed by atoms with van der Waals surface area (Å²) < 4.78 is 2.03. The van der Waals surface area contributed by atoms with E-state index in [-0.39, 0.29) is 5.91 Å². The van der Waals surface area contributed by atoms with E-state index in [1.807, 2.05) is 21.7 Å². The van der Waals surface area contributed by atoms with Crippen molar-refractivity contribution in [1.82, 2.24) is 19.6 Å². The molecule has 0 saturated carbocycles. The summed E-state index contributed by atoms with van der Waals surface area (Å²) in [6.07, 6.45) is 4.12. The lowest BCUT2D eigenvalue weighted by Crippen LogP contribution is -2.37. The van der Waals surface area contributed by atoms with Crippen LogP contribution < -0.4 is 0 Å². The van der Waals surface area contributed by atoms with Gasteiger partial charge in [0.1, 0.15) is 0 Å². The van der Waals surface area contributed by atoms with Crippen LogP contribution in [0.2, 0.25) is 0 Å². The SMILES string of the molecule is Cc1ccccc1-n1nc(C(=O)N2CCCN(C(C)C)CC2)c2c1CCC2. The van der Waals surface area contributed by atoms with Crippen molar-refractivity contribution in [1.29, 1.82) is 0 Å². The number of benzene rings is 1. The summed E-state index contributed by atoms with van der Waals surface area (Å²) in [6.45, 7) is 10.2. The van der Waals surface area contributed by atoms with Gasteiger partial charge in [-0.15, -0.1) is 0 Å². The standard InChI is InChI=1S/C22H30N4O/c1-16(2)24-12-7-13-25(15-14-24)22(27)21-18-9-6-11-20(18)26(23-21)19-10-5-4-8-17(19)3/h4-5,8,10,16H,6-7,9,11-15H2,1-3H3. The molecule has 0 radical (unpaired) electrons. The lowest BCUT2D eigenvalue weighted by atomic mass is 10.1. The van der Waals surface area contributed by atoms with Crippen LogP contribution in [0.15, 0.2) is 24.3 Å². The highest BCUT2D eigenvalue weighted by Crippen LogP contribution is 2.29. The van der Waals surface area contributed by atoms with Gasteiger partial charge in [-0.1, -0.05) is 18.2 Å². The maximum Gasteiger partial charge on any atom is 0.274 e. The minimum atomic E-state index is 0.117. The first-order valence-corrected chi connectivity index (χ1v) is 10.3. The molecule has 2 aromatic rings. The molecule has 2 aliphatic rings. The van der Waals surface area contributed by atoms with Gasteiger partial charge in [-0.2, -0.15) is 5.10 Å². The molecule has 0 bridgehead atoms. The molecule has 144 valence electrons. The quantitative estimate of drug-likeness (QED) is 0.837. The van der Waals surface area contributed by atoms with E-state index in [4.69, 9.17) is 5.10 Å². The van der Waals surface area contributed by atoms with E-state index in [1.54, 1.807) is 0 Å². The van der Waals surface area contributed by atoms with Crippen molar-refractivity contribution in [3.05, 3.63) is 46.8 Å². The van der Waals surface area contributed by atoms with Crippen molar-refractivity contribution in [3.8, 4) is 5.69 Å². The molecule has 0 atom stereocenters. The molecule has 1 aromatic carbocycles. The summed E-state index contributed by atoms with van der Waals surface area (Å²) in [5.74, 6) is 0.117. The van der Waals surface area contributed by atoms with Crippen LogP contribution in [-0.2, 0) is 12.8 Å². The van der Waals surface area contributed by atoms with E-state index in [0.29, 0.717) is 11.7 Å². The van der Waals surface area contributed by atoms with Crippen molar-refractivity contribution >= 4 is 5.91 Å². The van der Waals surface area contributed by atoms with Crippen LogP contribution in [0.5, 0.6) is 0 Å². The third-order valence-electron chi connectivity index (χ3n) is 6.02. The zero-order valence-corrected chi connectivity index (χ0v) is 16.7. The Labute approximate surface area is 162 Å². The molecule has 4 rings (SSSR count). The Morgan fingerprint density at radius 2 is 1.85 bits per heavy atom. The Bertz CT molecular complexity index is 839. The van der Waals surface area contributed by atoms with Crippen molar-refractivity contribution in [2.24, 2.45) is 0 Å². The smallest absolute Gasteiger partial charge is 0.274 e. The zero-order chi connectivity index (χ0) is 19.0. The highest BCUT2D eigenvalue weighted by Gasteiger charge is 2.30. The van der Waals surface area contributed by atoms with Crippen LogP contribution >= 0.6 is 0 Å². The number of hydrogen-bond donors (Lipinski definition) is 0. The summed E-state index contributed by atoms with van der Waals surface area (Å²) in [7, 11) is 0. The van der Waals surface area contributed by atoms with E-state index in [2.05, 4.69) is 37.8 Å². The van der Waals surface area contributed by atoms with Crippen LogP contribution in [0.4, 0.5) is 0 Å². The van der Waals surface area contributed by atoms with Crippen LogP contribution in [0.3, 0.4) is 0 Å². The largest absolute Gasteiger partial charge is 0.336 e. The number of carbonyl (C=O) groups excluding carboxylic acids is 1. The van der Waals surface area contributed by atoms with Crippen LogP contribution in [-0.4, -0.2) is 57.7 Å². The normalized spacial score (nSPS) is 18.0. The molecule has 1 amide bonds. The molecule has 27 heavy (non-hydrogen) atoms. The van der Waals surface area contributed by atoms with Crippen molar-refractivity contribution in [2.45, 2.75) is 52.5 Å². The predicted molar refractivity (Wildman–Crippen MR) is 108 cm³/mol. The van der Waals surface area contributed by atoms with Crippen LogP contribution in [0.25, 0.3) is 5.69 Å². The topological polar surface area (TPSA) is 41.4 Å². The van der Waals surface area contributed by atoms with E-state index < -0.39 is 0 Å². The first-order chi connectivity index (χ1) is 13.1. The first-order valence-electron chi connectivity index (χ1n) is 10.3. The minimum absolute atomic E-state index is 0.117. The van der Waals surface area contributed by atoms with Gasteiger partial charge >= 0.3 is 0 Å². The number of carbonyl (C=O) groups is 1. The summed E-state index contributed by atoms with van der Waals surface area (Å²) >= 11 is 0. The molecule has 5 nitrogen and oxygen atoms in total. The van der Waals surface area contributed by atoms with Gasteiger partial charge in [0.15, 0.2) is 5.69 Å². The average molecular weight is 367 g/mol. The molecule has 1 aliphatic heterocycles. The van der Waals surface area contributed by atoms with Gasteiger partial charge < -0.3 is 4.90 Å². The van der Waals surface area contributed by atoms with Crippen molar-refractivity contribution in [3.63, 3.8) is 0 Å². The van der Waals surface area contributed by atoms with E-state index in [1.165, 1.54) is 16.8 Å². The maximum absolute atomic E-state index is 13.3. The monoisotopic (exact) mass is 366 g/mol. The van der Waals surface area contributed by atoms with E-state index >= 15 is 0 Å². The third kappa shape index (κ3) is 3.41. The molecule has 5 heteroatoms. The Kier molecular flexibility index (Phi) is 5.04. The third-order valence-corrected chi connectivity index (χ3v) is 6.02. The Morgan fingerprint density at radius 3 is 2.63 bits per heavy atom. The van der Waals surface area contributed by atoms with Crippen LogP contribution in [0.1, 0.15) is 54.0 Å². The molecule has 1 aromatic heterocycles. The predicted octanol–water partition coefficient (Wildman–Crippen LogP) is 3.23. The second-order valence-electron chi connectivity index (χ2n) is 8.10. The number of fused-ring (bicyclic) bond motifs is 1. The van der Waals surface area contributed by atoms with Gasteiger partial charge in [0.05, 0.1) is 5.69 Å². The summed E-state index contributed by atoms with van der Waals surface area (Å²) in [5.41, 5.74) is 5.37. The summed E-state index contributed by atoms with van der Waals surface area (Å²) in [4.78, 5) is 17.8. The lowest BCUT2D eigenvalue weighted by molar-refractivity contribution is 0.0752. The fourth-order valence-corrected chi connectivity index (χ4v) is 4.42. The number of nitrogens with zero attached hydrogens (tertiary/aromatic N) is 4. The summed E-state index contributed by atoms with van der Waals surface area (Å²) in [5, 5.41) is 4.83. The van der Waals surface area contributed by atoms with Gasteiger partial charge in [-0.25, -0.2) is 4.68 Å². The fourth-order valence-electron chi connectivity index (χ4n) is 4.42. The molecular weight excluding hydrogens is 336 g/mol. The van der Waals surface area contributed by atoms with Gasteiger partial charge in [-0.3, -0.25) is 9.69 Å². The Morgan fingerprint density at radius 1 is 1.04 bits per heavy atom. The Balaban J connectivity index is 1.64. The maximum atomic E-state index is 13.3. The van der Waals surface area contributed by atoms with E-state index in [0.717, 1.165) is 57.5 Å². The molecule has 2 heterocycles. The van der Waals surface area contributed by atoms with Crippen molar-refractivity contribution in [2.75, 3.05) is 26.2 Å². The van der Waals surface area contributed by atoms with Gasteiger partial charge in [-0.05, 0) is 58.1 Å². The lowest BCUT2D eigenvalue weighted by Gasteiger charge is -2.24. The van der Waals surface area contributed by atoms with Crippen LogP contribution in [0, 0.1) is 6.92 Å². The number of rotatable bonds is 3. The van der Waals surface area contributed by atoms with Crippen molar-refractivity contribution < 1.29 is 4.79 Å².